The Morgan fingerprint density at radius 2 is 1.87 bits per heavy atom. The molecule has 2 aliphatic rings. The molecule has 31 heavy (non-hydrogen) atoms. The van der Waals surface area contributed by atoms with Crippen LogP contribution in [0.2, 0.25) is 0 Å². The summed E-state index contributed by atoms with van der Waals surface area (Å²) in [7, 11) is 0. The van der Waals surface area contributed by atoms with Gasteiger partial charge in [0.1, 0.15) is 11.5 Å². The molecule has 2 aromatic carbocycles. The maximum absolute atomic E-state index is 13.0. The SMILES string of the molecule is Cc1cc(C(=O)N2Cc3cccc(NC(=O)/C=C/CN4CCCC4)c3C2)c(O)cc1O. The Hall–Kier alpha value is -3.32. The van der Waals surface area contributed by atoms with Crippen LogP contribution in [0.3, 0.4) is 0 Å². The molecule has 0 aromatic heterocycles. The van der Waals surface area contributed by atoms with Gasteiger partial charge in [0.05, 0.1) is 5.56 Å². The fourth-order valence-corrected chi connectivity index (χ4v) is 4.16. The number of hydrogen-bond acceptors (Lipinski definition) is 5. The molecular formula is C24H27N3O4. The van der Waals surface area contributed by atoms with E-state index in [1.54, 1.807) is 17.9 Å². The van der Waals surface area contributed by atoms with E-state index in [1.807, 2.05) is 24.3 Å². The molecule has 0 unspecified atom stereocenters. The molecule has 162 valence electrons. The van der Waals surface area contributed by atoms with Gasteiger partial charge in [-0.3, -0.25) is 14.5 Å². The van der Waals surface area contributed by atoms with Gasteiger partial charge < -0.3 is 20.4 Å². The maximum Gasteiger partial charge on any atom is 0.258 e. The fraction of sp³-hybridized carbons (Fsp3) is 0.333. The lowest BCUT2D eigenvalue weighted by Crippen LogP contribution is -2.25. The average molecular weight is 421 g/mol. The van der Waals surface area contributed by atoms with Gasteiger partial charge in [-0.05, 0) is 56.1 Å². The van der Waals surface area contributed by atoms with Gasteiger partial charge in [-0.25, -0.2) is 0 Å². The summed E-state index contributed by atoms with van der Waals surface area (Å²) >= 11 is 0. The van der Waals surface area contributed by atoms with E-state index in [-0.39, 0.29) is 28.9 Å². The summed E-state index contributed by atoms with van der Waals surface area (Å²) in [6.45, 7) is 5.34. The molecule has 0 aliphatic carbocycles. The summed E-state index contributed by atoms with van der Waals surface area (Å²) in [5.41, 5.74) is 3.22. The number of hydrogen-bond donors (Lipinski definition) is 3. The van der Waals surface area contributed by atoms with Gasteiger partial charge in [-0.15, -0.1) is 0 Å². The van der Waals surface area contributed by atoms with Crippen molar-refractivity contribution in [2.45, 2.75) is 32.9 Å². The van der Waals surface area contributed by atoms with E-state index in [0.717, 1.165) is 30.8 Å². The smallest absolute Gasteiger partial charge is 0.258 e. The molecule has 3 N–H and O–H groups in total. The third-order valence-corrected chi connectivity index (χ3v) is 5.90. The summed E-state index contributed by atoms with van der Waals surface area (Å²) in [5.74, 6) is -0.814. The standard InChI is InChI=1S/C24H27N3O4/c1-16-12-18(22(29)13-21(16)28)24(31)27-14-17-6-4-7-20(19(17)15-27)25-23(30)8-5-11-26-9-2-3-10-26/h4-8,12-13,28-29H,2-3,9-11,14-15H2,1H3,(H,25,30)/b8-5+. The van der Waals surface area contributed by atoms with Crippen molar-refractivity contribution < 1.29 is 19.8 Å². The quantitative estimate of drug-likeness (QED) is 0.645. The number of nitrogens with zero attached hydrogens (tertiary/aromatic N) is 2. The van der Waals surface area contributed by atoms with Crippen molar-refractivity contribution in [1.82, 2.24) is 9.80 Å². The minimum Gasteiger partial charge on any atom is -0.508 e. The van der Waals surface area contributed by atoms with Gasteiger partial charge in [0.2, 0.25) is 5.91 Å². The largest absolute Gasteiger partial charge is 0.508 e. The van der Waals surface area contributed by atoms with Crippen molar-refractivity contribution in [3.05, 3.63) is 64.7 Å². The van der Waals surface area contributed by atoms with Crippen LogP contribution in [0.4, 0.5) is 5.69 Å². The minimum absolute atomic E-state index is 0.0541. The normalized spacial score (nSPS) is 16.1. The number of nitrogens with one attached hydrogen (secondary N) is 1. The van der Waals surface area contributed by atoms with E-state index in [0.29, 0.717) is 24.3 Å². The predicted molar refractivity (Wildman–Crippen MR) is 118 cm³/mol. The summed E-state index contributed by atoms with van der Waals surface area (Å²) < 4.78 is 0. The Bertz CT molecular complexity index is 1040. The van der Waals surface area contributed by atoms with Crippen molar-refractivity contribution in [3.63, 3.8) is 0 Å². The van der Waals surface area contributed by atoms with Crippen LogP contribution in [0, 0.1) is 6.92 Å². The van der Waals surface area contributed by atoms with Crippen molar-refractivity contribution in [1.29, 1.82) is 0 Å². The molecule has 0 saturated carbocycles. The molecule has 1 fully saturated rings. The number of benzene rings is 2. The van der Waals surface area contributed by atoms with Crippen LogP contribution >= 0.6 is 0 Å². The van der Waals surface area contributed by atoms with Gasteiger partial charge in [0.25, 0.3) is 5.91 Å². The first-order valence-corrected chi connectivity index (χ1v) is 10.5. The number of carbonyl (C=O) groups excluding carboxylic acids is 2. The molecular weight excluding hydrogens is 394 g/mol. The van der Waals surface area contributed by atoms with Crippen LogP contribution in [-0.4, -0.2) is 51.5 Å². The fourth-order valence-electron chi connectivity index (χ4n) is 4.16. The number of likely N-dealkylation sites (tertiary alicyclic amines) is 1. The molecule has 2 amide bonds. The third-order valence-electron chi connectivity index (χ3n) is 5.90. The molecule has 7 nitrogen and oxygen atoms in total. The summed E-state index contributed by atoms with van der Waals surface area (Å²) in [6, 6.07) is 8.30. The minimum atomic E-state index is -0.320. The van der Waals surface area contributed by atoms with Crippen molar-refractivity contribution in [2.24, 2.45) is 0 Å². The van der Waals surface area contributed by atoms with Gasteiger partial charge >= 0.3 is 0 Å². The number of fused-ring (bicyclic) bond motifs is 1. The van der Waals surface area contributed by atoms with Crippen LogP contribution < -0.4 is 5.32 Å². The zero-order chi connectivity index (χ0) is 22.0. The Morgan fingerprint density at radius 1 is 1.10 bits per heavy atom. The number of aryl methyl sites for hydroxylation is 1. The Morgan fingerprint density at radius 3 is 2.65 bits per heavy atom. The molecule has 0 spiro atoms. The highest BCUT2D eigenvalue weighted by molar-refractivity contribution is 6.00. The van der Waals surface area contributed by atoms with Crippen molar-refractivity contribution >= 4 is 17.5 Å². The van der Waals surface area contributed by atoms with Crippen LogP contribution in [0.5, 0.6) is 11.5 Å². The molecule has 0 atom stereocenters. The highest BCUT2D eigenvalue weighted by atomic mass is 16.3. The zero-order valence-electron chi connectivity index (χ0n) is 17.6. The van der Waals surface area contributed by atoms with Gasteiger partial charge in [-0.2, -0.15) is 0 Å². The van der Waals surface area contributed by atoms with E-state index in [1.165, 1.54) is 25.0 Å². The van der Waals surface area contributed by atoms with Crippen molar-refractivity contribution in [2.75, 3.05) is 25.0 Å². The number of anilines is 1. The third kappa shape index (κ3) is 4.56. The summed E-state index contributed by atoms with van der Waals surface area (Å²) in [4.78, 5) is 29.3. The average Bonchev–Trinajstić information content (AvgIpc) is 3.40. The van der Waals surface area contributed by atoms with E-state index in [9.17, 15) is 19.8 Å². The second kappa shape index (κ2) is 8.81. The van der Waals surface area contributed by atoms with Gasteiger partial charge in [0, 0.05) is 43.0 Å². The molecule has 7 heteroatoms. The van der Waals surface area contributed by atoms with E-state index < -0.39 is 0 Å². The van der Waals surface area contributed by atoms with Crippen LogP contribution in [0.25, 0.3) is 0 Å². The lowest BCUT2D eigenvalue weighted by Gasteiger charge is -2.17. The van der Waals surface area contributed by atoms with Gasteiger partial charge in [0.15, 0.2) is 0 Å². The van der Waals surface area contributed by atoms with Crippen LogP contribution in [0.15, 0.2) is 42.5 Å². The highest BCUT2D eigenvalue weighted by Crippen LogP contribution is 2.33. The number of phenolic OH excluding ortho intramolecular Hbond substituents is 2. The second-order valence-electron chi connectivity index (χ2n) is 8.16. The molecule has 2 aromatic rings. The first-order valence-electron chi connectivity index (χ1n) is 10.5. The number of carbonyl (C=O) groups is 2. The second-order valence-corrected chi connectivity index (χ2v) is 8.16. The number of amides is 2. The summed E-state index contributed by atoms with van der Waals surface area (Å²) in [6.07, 6.45) is 5.88. The monoisotopic (exact) mass is 421 g/mol. The molecule has 2 heterocycles. The van der Waals surface area contributed by atoms with Gasteiger partial charge in [-0.1, -0.05) is 18.2 Å². The maximum atomic E-state index is 13.0. The molecule has 0 radical (unpaired) electrons. The highest BCUT2D eigenvalue weighted by Gasteiger charge is 2.28. The van der Waals surface area contributed by atoms with Crippen molar-refractivity contribution in [3.8, 4) is 11.5 Å². The number of aromatic hydroxyl groups is 2. The molecule has 2 aliphatic heterocycles. The summed E-state index contributed by atoms with van der Waals surface area (Å²) in [5, 5.41) is 22.8. The number of rotatable bonds is 5. The Kier molecular flexibility index (Phi) is 5.95. The predicted octanol–water partition coefficient (Wildman–Crippen LogP) is 3.15. The zero-order valence-corrected chi connectivity index (χ0v) is 17.6. The van der Waals surface area contributed by atoms with Crippen LogP contribution in [-0.2, 0) is 17.9 Å². The lowest BCUT2D eigenvalue weighted by atomic mass is 10.1. The number of phenols is 2. The molecule has 1 saturated heterocycles. The topological polar surface area (TPSA) is 93.1 Å². The molecule has 4 rings (SSSR count). The first-order chi connectivity index (χ1) is 14.9. The Balaban J connectivity index is 1.44. The van der Waals surface area contributed by atoms with E-state index >= 15 is 0 Å². The van der Waals surface area contributed by atoms with E-state index in [2.05, 4.69) is 10.2 Å². The molecule has 0 bridgehead atoms. The lowest BCUT2D eigenvalue weighted by molar-refractivity contribution is -0.111. The first kappa shape index (κ1) is 20.9. The Labute approximate surface area is 181 Å². The van der Waals surface area contributed by atoms with E-state index in [4.69, 9.17) is 0 Å². The van der Waals surface area contributed by atoms with Crippen LogP contribution in [0.1, 0.15) is 39.9 Å².